The number of hydrogen-bond donors (Lipinski definition) is 4. The van der Waals surface area contributed by atoms with Gasteiger partial charge < -0.3 is 21.1 Å². The van der Waals surface area contributed by atoms with E-state index in [4.69, 9.17) is 10.8 Å². The molecule has 0 bridgehead atoms. The Morgan fingerprint density at radius 2 is 2.36 bits per heavy atom. The van der Waals surface area contributed by atoms with Crippen molar-refractivity contribution in [2.75, 3.05) is 24.2 Å². The Labute approximate surface area is 81.0 Å². The number of aliphatic hydroxyl groups is 1. The number of aliphatic hydroxyl groups excluding tert-OH is 1. The highest BCUT2D eigenvalue weighted by Gasteiger charge is 2.01. The number of rotatable bonds is 3. The summed E-state index contributed by atoms with van der Waals surface area (Å²) in [5.74, 6) is 0.652. The van der Waals surface area contributed by atoms with E-state index < -0.39 is 0 Å². The normalized spacial score (nSPS) is 10.6. The average Bonchev–Trinajstić information content (AvgIpc) is 2.56. The Bertz CT molecular complexity index is 437. The smallest absolute Gasteiger partial charge is 0.201 e. The molecule has 0 atom stereocenters. The fourth-order valence-electron chi connectivity index (χ4n) is 1.29. The van der Waals surface area contributed by atoms with Crippen LogP contribution in [0.3, 0.4) is 0 Å². The molecule has 0 fully saturated rings. The molecule has 0 aliphatic carbocycles. The zero-order valence-electron chi connectivity index (χ0n) is 7.62. The summed E-state index contributed by atoms with van der Waals surface area (Å²) in [4.78, 5) is 7.32. The molecule has 14 heavy (non-hydrogen) atoms. The lowest BCUT2D eigenvalue weighted by Crippen LogP contribution is -2.06. The number of nitrogen functional groups attached to an aromatic ring is 1. The minimum atomic E-state index is 0.0825. The molecule has 5 nitrogen and oxygen atoms in total. The van der Waals surface area contributed by atoms with Gasteiger partial charge in [0.15, 0.2) is 0 Å². The number of fused-ring (bicyclic) bond motifs is 1. The molecular formula is C9H12N4O. The number of nitrogens with zero attached hydrogens (tertiary/aromatic N) is 1. The third-order valence-electron chi connectivity index (χ3n) is 1.91. The number of nitrogens with two attached hydrogens (primary N) is 1. The SMILES string of the molecule is Nc1ccc2nc(NCCO)[nH]c2c1. The fraction of sp³-hybridized carbons (Fsp3) is 0.222. The van der Waals surface area contributed by atoms with Crippen molar-refractivity contribution in [2.24, 2.45) is 0 Å². The van der Waals surface area contributed by atoms with Crippen molar-refractivity contribution in [3.8, 4) is 0 Å². The minimum absolute atomic E-state index is 0.0825. The lowest BCUT2D eigenvalue weighted by atomic mass is 10.3. The summed E-state index contributed by atoms with van der Waals surface area (Å²) >= 11 is 0. The van der Waals surface area contributed by atoms with Crippen LogP contribution < -0.4 is 11.1 Å². The molecule has 2 rings (SSSR count). The summed E-state index contributed by atoms with van der Waals surface area (Å²) in [5, 5.41) is 11.6. The maximum Gasteiger partial charge on any atom is 0.201 e. The first-order valence-electron chi connectivity index (χ1n) is 4.39. The Hall–Kier alpha value is -1.75. The summed E-state index contributed by atoms with van der Waals surface area (Å²) in [6.45, 7) is 0.564. The second-order valence-corrected chi connectivity index (χ2v) is 3.01. The minimum Gasteiger partial charge on any atom is -0.399 e. The Morgan fingerprint density at radius 3 is 3.14 bits per heavy atom. The van der Waals surface area contributed by atoms with Gasteiger partial charge in [0.1, 0.15) is 0 Å². The van der Waals surface area contributed by atoms with E-state index in [1.165, 1.54) is 0 Å². The van der Waals surface area contributed by atoms with Crippen LogP contribution in [0.15, 0.2) is 18.2 Å². The van der Waals surface area contributed by atoms with E-state index in [1.807, 2.05) is 12.1 Å². The summed E-state index contributed by atoms with van der Waals surface area (Å²) in [5.41, 5.74) is 8.08. The average molecular weight is 192 g/mol. The predicted octanol–water partition coefficient (Wildman–Crippen LogP) is 0.549. The first-order chi connectivity index (χ1) is 6.79. The lowest BCUT2D eigenvalue weighted by molar-refractivity contribution is 0.311. The highest BCUT2D eigenvalue weighted by atomic mass is 16.3. The van der Waals surface area contributed by atoms with Gasteiger partial charge in [-0.3, -0.25) is 0 Å². The Morgan fingerprint density at radius 1 is 1.50 bits per heavy atom. The van der Waals surface area contributed by atoms with Crippen molar-refractivity contribution in [2.45, 2.75) is 0 Å². The summed E-state index contributed by atoms with van der Waals surface area (Å²) in [7, 11) is 0. The molecule has 0 radical (unpaired) electrons. The summed E-state index contributed by atoms with van der Waals surface area (Å²) in [6.07, 6.45) is 0. The van der Waals surface area contributed by atoms with Gasteiger partial charge in [-0.25, -0.2) is 4.98 Å². The third-order valence-corrected chi connectivity index (χ3v) is 1.91. The van der Waals surface area contributed by atoms with Crippen LogP contribution in [0.4, 0.5) is 11.6 Å². The molecule has 5 N–H and O–H groups in total. The highest BCUT2D eigenvalue weighted by molar-refractivity contribution is 5.80. The second-order valence-electron chi connectivity index (χ2n) is 3.01. The molecular weight excluding hydrogens is 180 g/mol. The molecule has 1 heterocycles. The van der Waals surface area contributed by atoms with Crippen LogP contribution >= 0.6 is 0 Å². The van der Waals surface area contributed by atoms with Crippen LogP contribution in [0.1, 0.15) is 0 Å². The lowest BCUT2D eigenvalue weighted by Gasteiger charge is -1.96. The van der Waals surface area contributed by atoms with E-state index in [9.17, 15) is 0 Å². The van der Waals surface area contributed by atoms with Crippen LogP contribution in [0.5, 0.6) is 0 Å². The monoisotopic (exact) mass is 192 g/mol. The van der Waals surface area contributed by atoms with Gasteiger partial charge in [0.05, 0.1) is 17.6 Å². The zero-order chi connectivity index (χ0) is 9.97. The molecule has 5 heteroatoms. The van der Waals surface area contributed by atoms with E-state index in [-0.39, 0.29) is 6.61 Å². The second kappa shape index (κ2) is 3.55. The largest absolute Gasteiger partial charge is 0.399 e. The summed E-state index contributed by atoms with van der Waals surface area (Å²) in [6, 6.07) is 5.48. The molecule has 0 aliphatic rings. The van der Waals surface area contributed by atoms with Crippen molar-refractivity contribution < 1.29 is 5.11 Å². The van der Waals surface area contributed by atoms with Crippen molar-refractivity contribution >= 4 is 22.7 Å². The van der Waals surface area contributed by atoms with Crippen molar-refractivity contribution in [3.05, 3.63) is 18.2 Å². The van der Waals surface area contributed by atoms with Gasteiger partial charge in [0, 0.05) is 12.2 Å². The van der Waals surface area contributed by atoms with Crippen molar-refractivity contribution in [1.82, 2.24) is 9.97 Å². The molecule has 0 unspecified atom stereocenters. The van der Waals surface area contributed by atoms with Crippen LogP contribution in [-0.2, 0) is 0 Å². The Balaban J connectivity index is 2.32. The predicted molar refractivity (Wildman–Crippen MR) is 56.1 cm³/mol. The van der Waals surface area contributed by atoms with Crippen LogP contribution in [0.25, 0.3) is 11.0 Å². The third kappa shape index (κ3) is 1.62. The maximum absolute atomic E-state index is 8.62. The van der Waals surface area contributed by atoms with Crippen LogP contribution in [0.2, 0.25) is 0 Å². The first-order valence-corrected chi connectivity index (χ1v) is 4.39. The van der Waals surface area contributed by atoms with Crippen LogP contribution in [-0.4, -0.2) is 28.2 Å². The van der Waals surface area contributed by atoms with Crippen LogP contribution in [0, 0.1) is 0 Å². The van der Waals surface area contributed by atoms with E-state index in [0.29, 0.717) is 18.2 Å². The van der Waals surface area contributed by atoms with Gasteiger partial charge in [-0.15, -0.1) is 0 Å². The maximum atomic E-state index is 8.62. The standard InChI is InChI=1S/C9H12N4O/c10-6-1-2-7-8(5-6)13-9(12-7)11-3-4-14/h1-2,5,14H,3-4,10H2,(H2,11,12,13). The molecule has 0 saturated heterocycles. The topological polar surface area (TPSA) is 87.0 Å². The fourth-order valence-corrected chi connectivity index (χ4v) is 1.29. The number of aromatic amines is 1. The van der Waals surface area contributed by atoms with E-state index in [0.717, 1.165) is 11.0 Å². The van der Waals surface area contributed by atoms with Crippen molar-refractivity contribution in [1.29, 1.82) is 0 Å². The number of hydrogen-bond acceptors (Lipinski definition) is 4. The van der Waals surface area contributed by atoms with Gasteiger partial charge in [0.2, 0.25) is 5.95 Å². The van der Waals surface area contributed by atoms with E-state index in [2.05, 4.69) is 15.3 Å². The van der Waals surface area contributed by atoms with Gasteiger partial charge in [-0.05, 0) is 18.2 Å². The number of H-pyrrole nitrogens is 1. The van der Waals surface area contributed by atoms with Gasteiger partial charge in [-0.2, -0.15) is 0 Å². The Kier molecular flexibility index (Phi) is 2.24. The molecule has 1 aromatic heterocycles. The first kappa shape index (κ1) is 8.83. The number of nitrogens with one attached hydrogen (secondary N) is 2. The van der Waals surface area contributed by atoms with Gasteiger partial charge in [-0.1, -0.05) is 0 Å². The van der Waals surface area contributed by atoms with E-state index >= 15 is 0 Å². The molecule has 0 spiro atoms. The number of aromatic nitrogens is 2. The summed E-state index contributed by atoms with van der Waals surface area (Å²) < 4.78 is 0. The molecule has 1 aromatic carbocycles. The number of benzene rings is 1. The molecule has 2 aromatic rings. The molecule has 0 aliphatic heterocycles. The van der Waals surface area contributed by atoms with E-state index in [1.54, 1.807) is 6.07 Å². The molecule has 74 valence electrons. The zero-order valence-corrected chi connectivity index (χ0v) is 7.62. The quantitative estimate of drug-likeness (QED) is 0.535. The molecule has 0 amide bonds. The van der Waals surface area contributed by atoms with Gasteiger partial charge >= 0.3 is 0 Å². The van der Waals surface area contributed by atoms with Gasteiger partial charge in [0.25, 0.3) is 0 Å². The number of imidazole rings is 1. The molecule has 0 saturated carbocycles. The highest BCUT2D eigenvalue weighted by Crippen LogP contribution is 2.16. The van der Waals surface area contributed by atoms with Crippen molar-refractivity contribution in [3.63, 3.8) is 0 Å². The number of anilines is 2.